The van der Waals surface area contributed by atoms with Crippen LogP contribution in [0.2, 0.25) is 0 Å². The van der Waals surface area contributed by atoms with E-state index >= 15 is 0 Å². The summed E-state index contributed by atoms with van der Waals surface area (Å²) in [6.45, 7) is 2.67. The average Bonchev–Trinajstić information content (AvgIpc) is 3.19. The number of fused-ring (bicyclic) bond motifs is 2. The smallest absolute Gasteiger partial charge is 0.329 e. The molecule has 8 heteroatoms. The van der Waals surface area contributed by atoms with Gasteiger partial charge in [0.05, 0.1) is 17.6 Å². The minimum Gasteiger partial charge on any atom is -0.347 e. The molecule has 1 aromatic carbocycles. The summed E-state index contributed by atoms with van der Waals surface area (Å²) in [7, 11) is 0. The van der Waals surface area contributed by atoms with Crippen molar-refractivity contribution in [1.29, 1.82) is 0 Å². The summed E-state index contributed by atoms with van der Waals surface area (Å²) in [4.78, 5) is 25.0. The van der Waals surface area contributed by atoms with Crippen molar-refractivity contribution in [2.75, 3.05) is 0 Å². The molecular weight excluding hydrogens is 332 g/mol. The first-order valence-corrected chi connectivity index (χ1v) is 8.42. The van der Waals surface area contributed by atoms with E-state index in [0.717, 1.165) is 16.7 Å². The van der Waals surface area contributed by atoms with E-state index in [-0.39, 0.29) is 24.7 Å². The third-order valence-corrected chi connectivity index (χ3v) is 4.37. The van der Waals surface area contributed by atoms with Gasteiger partial charge in [-0.2, -0.15) is 0 Å². The Bertz CT molecular complexity index is 1150. The number of carbonyl (C=O) groups is 1. The fourth-order valence-electron chi connectivity index (χ4n) is 3.12. The van der Waals surface area contributed by atoms with Crippen LogP contribution in [0.5, 0.6) is 0 Å². The number of rotatable bonds is 5. The van der Waals surface area contributed by atoms with Crippen molar-refractivity contribution in [3.63, 3.8) is 0 Å². The number of aromatic nitrogens is 5. The normalized spacial score (nSPS) is 11.3. The molecule has 0 fully saturated rings. The van der Waals surface area contributed by atoms with Gasteiger partial charge in [0.2, 0.25) is 5.91 Å². The van der Waals surface area contributed by atoms with Gasteiger partial charge < -0.3 is 5.32 Å². The number of benzene rings is 1. The molecule has 3 aromatic heterocycles. The molecule has 3 heterocycles. The van der Waals surface area contributed by atoms with E-state index in [9.17, 15) is 9.59 Å². The molecule has 0 bridgehead atoms. The second-order valence-electron chi connectivity index (χ2n) is 5.92. The van der Waals surface area contributed by atoms with Crippen LogP contribution in [0.25, 0.3) is 16.7 Å². The molecule has 0 spiro atoms. The topological polar surface area (TPSA) is 86.2 Å². The van der Waals surface area contributed by atoms with Crippen LogP contribution in [0.15, 0.2) is 53.5 Å². The van der Waals surface area contributed by atoms with Crippen molar-refractivity contribution in [2.45, 2.75) is 26.6 Å². The SMILES string of the molecule is CCn1c(=O)n(CC(=O)NCc2nnc3ccccn23)c2ccccc21. The number of nitrogens with one attached hydrogen (secondary N) is 1. The van der Waals surface area contributed by atoms with Crippen LogP contribution in [-0.2, 0) is 24.4 Å². The number of imidazole rings is 1. The molecule has 0 unspecified atom stereocenters. The number of hydrogen-bond donors (Lipinski definition) is 1. The maximum absolute atomic E-state index is 12.6. The highest BCUT2D eigenvalue weighted by molar-refractivity contribution is 5.80. The molecule has 0 aliphatic carbocycles. The van der Waals surface area contributed by atoms with E-state index in [4.69, 9.17) is 0 Å². The van der Waals surface area contributed by atoms with E-state index in [1.54, 1.807) is 4.57 Å². The second kappa shape index (κ2) is 6.47. The first-order valence-electron chi connectivity index (χ1n) is 8.42. The number of hydrogen-bond acceptors (Lipinski definition) is 4. The van der Waals surface area contributed by atoms with Crippen LogP contribution in [0.1, 0.15) is 12.7 Å². The minimum absolute atomic E-state index is 0.0386. The van der Waals surface area contributed by atoms with Gasteiger partial charge >= 0.3 is 5.69 Å². The lowest BCUT2D eigenvalue weighted by atomic mass is 10.3. The Morgan fingerprint density at radius 1 is 1.04 bits per heavy atom. The van der Waals surface area contributed by atoms with Gasteiger partial charge in [0, 0.05) is 12.7 Å². The van der Waals surface area contributed by atoms with Crippen molar-refractivity contribution >= 4 is 22.6 Å². The summed E-state index contributed by atoms with van der Waals surface area (Å²) < 4.78 is 4.97. The number of amides is 1. The van der Waals surface area contributed by atoms with E-state index in [0.29, 0.717) is 12.4 Å². The van der Waals surface area contributed by atoms with Crippen LogP contribution in [0, 0.1) is 0 Å². The van der Waals surface area contributed by atoms with E-state index in [1.165, 1.54) is 4.57 Å². The zero-order valence-electron chi connectivity index (χ0n) is 14.3. The highest BCUT2D eigenvalue weighted by Gasteiger charge is 2.14. The lowest BCUT2D eigenvalue weighted by Gasteiger charge is -2.05. The predicted molar refractivity (Wildman–Crippen MR) is 96.7 cm³/mol. The minimum atomic E-state index is -0.251. The summed E-state index contributed by atoms with van der Waals surface area (Å²) in [5, 5.41) is 11.0. The maximum atomic E-state index is 12.6. The second-order valence-corrected chi connectivity index (χ2v) is 5.92. The molecule has 0 saturated heterocycles. The molecule has 0 radical (unpaired) electrons. The Labute approximate surface area is 148 Å². The third kappa shape index (κ3) is 2.65. The lowest BCUT2D eigenvalue weighted by molar-refractivity contribution is -0.121. The third-order valence-electron chi connectivity index (χ3n) is 4.37. The molecule has 0 aliphatic heterocycles. The van der Waals surface area contributed by atoms with Crippen molar-refractivity contribution in [3.05, 3.63) is 65.0 Å². The van der Waals surface area contributed by atoms with Crippen molar-refractivity contribution < 1.29 is 4.79 Å². The average molecular weight is 350 g/mol. The van der Waals surface area contributed by atoms with Gasteiger partial charge in [0.15, 0.2) is 11.5 Å². The van der Waals surface area contributed by atoms with E-state index in [2.05, 4.69) is 15.5 Å². The summed E-state index contributed by atoms with van der Waals surface area (Å²) in [5.41, 5.74) is 2.12. The van der Waals surface area contributed by atoms with Crippen LogP contribution in [0.3, 0.4) is 0 Å². The molecule has 1 N–H and O–H groups in total. The fraction of sp³-hybridized carbons (Fsp3) is 0.222. The van der Waals surface area contributed by atoms with Crippen LogP contribution >= 0.6 is 0 Å². The first kappa shape index (κ1) is 16.1. The van der Waals surface area contributed by atoms with Gasteiger partial charge in [-0.25, -0.2) is 4.79 Å². The number of nitrogens with zero attached hydrogens (tertiary/aromatic N) is 5. The van der Waals surface area contributed by atoms with Crippen molar-refractivity contribution in [2.24, 2.45) is 0 Å². The summed E-state index contributed by atoms with van der Waals surface area (Å²) in [6.07, 6.45) is 1.84. The Balaban J connectivity index is 1.55. The molecular formula is C18H18N6O2. The molecule has 8 nitrogen and oxygen atoms in total. The molecule has 1 amide bonds. The number of para-hydroxylation sites is 2. The first-order chi connectivity index (χ1) is 12.7. The Kier molecular flexibility index (Phi) is 4.00. The molecule has 4 aromatic rings. The standard InChI is InChI=1S/C18H18N6O2/c1-2-22-13-7-3-4-8-14(13)24(18(22)26)12-17(25)19-11-16-21-20-15-9-5-6-10-23(15)16/h3-10H,2,11-12H2,1H3,(H,19,25). The number of aryl methyl sites for hydroxylation is 1. The lowest BCUT2D eigenvalue weighted by Crippen LogP contribution is -2.33. The Morgan fingerprint density at radius 2 is 1.77 bits per heavy atom. The Hall–Kier alpha value is -3.42. The summed E-state index contributed by atoms with van der Waals surface area (Å²) in [5.74, 6) is 0.385. The van der Waals surface area contributed by atoms with Crippen molar-refractivity contribution in [1.82, 2.24) is 29.0 Å². The van der Waals surface area contributed by atoms with Gasteiger partial charge in [0.25, 0.3) is 0 Å². The van der Waals surface area contributed by atoms with Crippen molar-refractivity contribution in [3.8, 4) is 0 Å². The monoisotopic (exact) mass is 350 g/mol. The van der Waals surface area contributed by atoms with Crippen LogP contribution in [-0.4, -0.2) is 29.6 Å². The van der Waals surface area contributed by atoms with Gasteiger partial charge in [0.1, 0.15) is 6.54 Å². The number of pyridine rings is 1. The largest absolute Gasteiger partial charge is 0.347 e. The molecule has 0 atom stereocenters. The molecule has 4 rings (SSSR count). The van der Waals surface area contributed by atoms with Gasteiger partial charge in [-0.15, -0.1) is 10.2 Å². The van der Waals surface area contributed by atoms with Gasteiger partial charge in [-0.05, 0) is 31.2 Å². The quantitative estimate of drug-likeness (QED) is 0.586. The van der Waals surface area contributed by atoms with Gasteiger partial charge in [-0.3, -0.25) is 18.3 Å². The van der Waals surface area contributed by atoms with Gasteiger partial charge in [-0.1, -0.05) is 18.2 Å². The summed E-state index contributed by atoms with van der Waals surface area (Å²) in [6, 6.07) is 13.1. The highest BCUT2D eigenvalue weighted by atomic mass is 16.2. The Morgan fingerprint density at radius 3 is 2.54 bits per heavy atom. The zero-order valence-corrected chi connectivity index (χ0v) is 14.3. The maximum Gasteiger partial charge on any atom is 0.329 e. The van der Waals surface area contributed by atoms with Crippen LogP contribution in [0.4, 0.5) is 0 Å². The highest BCUT2D eigenvalue weighted by Crippen LogP contribution is 2.12. The molecule has 0 saturated carbocycles. The predicted octanol–water partition coefficient (Wildman–Crippen LogP) is 1.18. The zero-order chi connectivity index (χ0) is 18.1. The van der Waals surface area contributed by atoms with E-state index in [1.807, 2.05) is 60.0 Å². The molecule has 0 aliphatic rings. The fourth-order valence-corrected chi connectivity index (χ4v) is 3.12. The summed E-state index contributed by atoms with van der Waals surface area (Å²) >= 11 is 0. The molecule has 132 valence electrons. The molecule has 26 heavy (non-hydrogen) atoms. The number of carbonyl (C=O) groups excluding carboxylic acids is 1. The van der Waals surface area contributed by atoms with Crippen LogP contribution < -0.4 is 11.0 Å². The van der Waals surface area contributed by atoms with E-state index < -0.39 is 0 Å².